The van der Waals surface area contributed by atoms with Gasteiger partial charge in [-0.2, -0.15) is 0 Å². The smallest absolute Gasteiger partial charge is 0.144 e. The van der Waals surface area contributed by atoms with Crippen molar-refractivity contribution in [2.45, 2.75) is 6.42 Å². The molecule has 4 nitrogen and oxygen atoms in total. The van der Waals surface area contributed by atoms with Gasteiger partial charge in [0.15, 0.2) is 0 Å². The number of pyridine rings is 1. The molecule has 0 aliphatic rings. The molecule has 3 aromatic heterocycles. The van der Waals surface area contributed by atoms with Crippen LogP contribution in [0.4, 0.5) is 5.82 Å². The number of hydrogen-bond donors (Lipinski definition) is 1. The highest BCUT2D eigenvalue weighted by atomic mass is 32.1. The largest absolute Gasteiger partial charge is 0.368 e. The molecule has 0 spiro atoms. The van der Waals surface area contributed by atoms with Gasteiger partial charge in [0.05, 0.1) is 23.0 Å². The maximum atomic E-state index is 4.55. The van der Waals surface area contributed by atoms with Crippen molar-refractivity contribution in [2.24, 2.45) is 0 Å². The molecule has 5 heteroatoms. The zero-order valence-electron chi connectivity index (χ0n) is 13.0. The minimum Gasteiger partial charge on any atom is -0.368 e. The third-order valence-corrected chi connectivity index (χ3v) is 4.94. The number of rotatable bonds is 5. The number of benzene rings is 1. The third-order valence-electron chi connectivity index (χ3n) is 3.80. The normalized spacial score (nSPS) is 10.8. The molecular weight excluding hydrogens is 316 g/mol. The molecule has 0 aliphatic heterocycles. The molecular formula is C19H16N4S. The molecule has 0 saturated heterocycles. The van der Waals surface area contributed by atoms with Gasteiger partial charge in [-0.15, -0.1) is 11.3 Å². The Balaban J connectivity index is 1.42. The van der Waals surface area contributed by atoms with Crippen LogP contribution in [0.3, 0.4) is 0 Å². The Kier molecular flexibility index (Phi) is 4.16. The standard InChI is InChI=1S/C19H16N4S/c1-2-4-17-15(3-1)11-18(24-17)16-12-23-19(13-22-16)21-10-7-14-5-8-20-9-6-14/h1-6,8-9,11-13H,7,10H2,(H,21,23). The van der Waals surface area contributed by atoms with Crippen molar-refractivity contribution in [3.63, 3.8) is 0 Å². The molecule has 0 unspecified atom stereocenters. The van der Waals surface area contributed by atoms with Crippen LogP contribution in [0.2, 0.25) is 0 Å². The Labute approximate surface area is 144 Å². The maximum Gasteiger partial charge on any atom is 0.144 e. The second-order valence-corrected chi connectivity index (χ2v) is 6.55. The van der Waals surface area contributed by atoms with E-state index in [9.17, 15) is 0 Å². The average Bonchev–Trinajstić information content (AvgIpc) is 3.07. The molecule has 0 atom stereocenters. The molecule has 0 bridgehead atoms. The second-order valence-electron chi connectivity index (χ2n) is 5.47. The zero-order valence-corrected chi connectivity index (χ0v) is 13.8. The second kappa shape index (κ2) is 6.76. The van der Waals surface area contributed by atoms with E-state index in [0.29, 0.717) is 0 Å². The Morgan fingerprint density at radius 1 is 0.958 bits per heavy atom. The molecule has 4 aromatic rings. The Morgan fingerprint density at radius 3 is 2.62 bits per heavy atom. The summed E-state index contributed by atoms with van der Waals surface area (Å²) in [5.41, 5.74) is 2.17. The van der Waals surface area contributed by atoms with Crippen molar-refractivity contribution in [1.29, 1.82) is 0 Å². The van der Waals surface area contributed by atoms with E-state index in [1.807, 2.05) is 30.7 Å². The van der Waals surface area contributed by atoms with E-state index in [1.165, 1.54) is 15.6 Å². The van der Waals surface area contributed by atoms with E-state index in [-0.39, 0.29) is 0 Å². The molecule has 0 amide bonds. The SMILES string of the molecule is c1ccc2sc(-c3cnc(NCCc4ccncc4)cn3)cc2c1. The van der Waals surface area contributed by atoms with Gasteiger partial charge in [0, 0.05) is 23.6 Å². The van der Waals surface area contributed by atoms with Crippen LogP contribution in [-0.2, 0) is 6.42 Å². The summed E-state index contributed by atoms with van der Waals surface area (Å²) in [7, 11) is 0. The molecule has 24 heavy (non-hydrogen) atoms. The Bertz CT molecular complexity index is 899. The topological polar surface area (TPSA) is 50.7 Å². The molecule has 0 aliphatic carbocycles. The van der Waals surface area contributed by atoms with Gasteiger partial charge in [0.25, 0.3) is 0 Å². The van der Waals surface area contributed by atoms with E-state index in [4.69, 9.17) is 0 Å². The molecule has 1 N–H and O–H groups in total. The summed E-state index contributed by atoms with van der Waals surface area (Å²) in [4.78, 5) is 14.2. The van der Waals surface area contributed by atoms with Gasteiger partial charge in [-0.25, -0.2) is 9.97 Å². The number of anilines is 1. The minimum absolute atomic E-state index is 0.800. The van der Waals surface area contributed by atoms with Gasteiger partial charge in [0.2, 0.25) is 0 Å². The fraction of sp³-hybridized carbons (Fsp3) is 0.105. The lowest BCUT2D eigenvalue weighted by atomic mass is 10.2. The maximum absolute atomic E-state index is 4.55. The van der Waals surface area contributed by atoms with Crippen LogP contribution in [0.25, 0.3) is 20.7 Å². The van der Waals surface area contributed by atoms with Crippen molar-refractivity contribution in [3.05, 3.63) is 72.8 Å². The van der Waals surface area contributed by atoms with Crippen LogP contribution < -0.4 is 5.32 Å². The van der Waals surface area contributed by atoms with Gasteiger partial charge in [-0.05, 0) is 41.6 Å². The van der Waals surface area contributed by atoms with Crippen LogP contribution in [0, 0.1) is 0 Å². The lowest BCUT2D eigenvalue weighted by Gasteiger charge is -2.05. The van der Waals surface area contributed by atoms with Gasteiger partial charge in [-0.3, -0.25) is 4.98 Å². The van der Waals surface area contributed by atoms with Crippen molar-refractivity contribution < 1.29 is 0 Å². The van der Waals surface area contributed by atoms with Crippen molar-refractivity contribution in [1.82, 2.24) is 15.0 Å². The van der Waals surface area contributed by atoms with Crippen molar-refractivity contribution in [2.75, 3.05) is 11.9 Å². The van der Waals surface area contributed by atoms with Gasteiger partial charge >= 0.3 is 0 Å². The van der Waals surface area contributed by atoms with Gasteiger partial charge in [0.1, 0.15) is 5.82 Å². The highest BCUT2D eigenvalue weighted by Crippen LogP contribution is 2.32. The lowest BCUT2D eigenvalue weighted by Crippen LogP contribution is -2.06. The fourth-order valence-corrected chi connectivity index (χ4v) is 3.56. The van der Waals surface area contributed by atoms with E-state index < -0.39 is 0 Å². The van der Waals surface area contributed by atoms with Crippen molar-refractivity contribution >= 4 is 27.2 Å². The molecule has 118 valence electrons. The van der Waals surface area contributed by atoms with E-state index in [0.717, 1.165) is 29.4 Å². The minimum atomic E-state index is 0.800. The number of thiophene rings is 1. The van der Waals surface area contributed by atoms with E-state index in [1.54, 1.807) is 17.5 Å². The first kappa shape index (κ1) is 14.8. The molecule has 4 rings (SSSR count). The summed E-state index contributed by atoms with van der Waals surface area (Å²) < 4.78 is 1.27. The molecule has 0 radical (unpaired) electrons. The summed E-state index contributed by atoms with van der Waals surface area (Å²) in [6.45, 7) is 0.820. The number of nitrogens with one attached hydrogen (secondary N) is 1. The molecule has 1 aromatic carbocycles. The van der Waals surface area contributed by atoms with Crippen LogP contribution in [0.5, 0.6) is 0 Å². The van der Waals surface area contributed by atoms with Crippen LogP contribution >= 0.6 is 11.3 Å². The number of aromatic nitrogens is 3. The predicted octanol–water partition coefficient (Wildman–Crippen LogP) is 4.41. The van der Waals surface area contributed by atoms with E-state index >= 15 is 0 Å². The first-order valence-electron chi connectivity index (χ1n) is 7.82. The number of nitrogens with zero attached hydrogens (tertiary/aromatic N) is 3. The van der Waals surface area contributed by atoms with Gasteiger partial charge < -0.3 is 5.32 Å². The third kappa shape index (κ3) is 3.26. The van der Waals surface area contributed by atoms with E-state index in [2.05, 4.69) is 50.6 Å². The highest BCUT2D eigenvalue weighted by Gasteiger charge is 2.06. The quantitative estimate of drug-likeness (QED) is 0.588. The van der Waals surface area contributed by atoms with Crippen LogP contribution in [-0.4, -0.2) is 21.5 Å². The summed E-state index contributed by atoms with van der Waals surface area (Å²) >= 11 is 1.74. The monoisotopic (exact) mass is 332 g/mol. The van der Waals surface area contributed by atoms with Crippen molar-refractivity contribution in [3.8, 4) is 10.6 Å². The Hall–Kier alpha value is -2.79. The first-order chi connectivity index (χ1) is 11.9. The summed E-state index contributed by atoms with van der Waals surface area (Å²) in [6, 6.07) is 14.6. The van der Waals surface area contributed by atoms with Crippen LogP contribution in [0.1, 0.15) is 5.56 Å². The summed E-state index contributed by atoms with van der Waals surface area (Å²) in [5.74, 6) is 0.800. The predicted molar refractivity (Wildman–Crippen MR) is 99.3 cm³/mol. The fourth-order valence-electron chi connectivity index (χ4n) is 2.54. The number of fused-ring (bicyclic) bond motifs is 1. The summed E-state index contributed by atoms with van der Waals surface area (Å²) in [5, 5.41) is 4.56. The molecule has 0 fully saturated rings. The lowest BCUT2D eigenvalue weighted by molar-refractivity contribution is 0.995. The van der Waals surface area contributed by atoms with Crippen LogP contribution in [0.15, 0.2) is 67.3 Å². The zero-order chi connectivity index (χ0) is 16.2. The first-order valence-corrected chi connectivity index (χ1v) is 8.64. The summed E-state index contributed by atoms with van der Waals surface area (Å²) in [6.07, 6.45) is 8.19. The Morgan fingerprint density at radius 2 is 1.83 bits per heavy atom. The molecule has 0 saturated carbocycles. The molecule has 3 heterocycles. The highest BCUT2D eigenvalue weighted by molar-refractivity contribution is 7.22. The number of hydrogen-bond acceptors (Lipinski definition) is 5. The van der Waals surface area contributed by atoms with Gasteiger partial charge in [-0.1, -0.05) is 18.2 Å². The average molecular weight is 332 g/mol.